The van der Waals surface area contributed by atoms with Gasteiger partial charge in [0.2, 0.25) is 0 Å². The Morgan fingerprint density at radius 2 is 1.71 bits per heavy atom. The zero-order valence-electron chi connectivity index (χ0n) is 15.7. The molecule has 1 unspecified atom stereocenters. The van der Waals surface area contributed by atoms with Crippen LogP contribution in [0.15, 0.2) is 34.7 Å². The fourth-order valence-corrected chi connectivity index (χ4v) is 3.00. The number of ether oxygens (including phenoxy) is 2. The minimum absolute atomic E-state index is 0.0130. The Hall–Kier alpha value is -2.84. The lowest BCUT2D eigenvalue weighted by atomic mass is 9.79. The summed E-state index contributed by atoms with van der Waals surface area (Å²) in [5, 5.41) is 2.53. The van der Waals surface area contributed by atoms with Gasteiger partial charge in [0.15, 0.2) is 11.6 Å². The summed E-state index contributed by atoms with van der Waals surface area (Å²) in [5.74, 6) is -8.10. The van der Waals surface area contributed by atoms with Crippen LogP contribution in [0.25, 0.3) is 0 Å². The molecule has 9 heteroatoms. The van der Waals surface area contributed by atoms with E-state index in [4.69, 9.17) is 4.74 Å². The SMILES string of the molecule is COC(=O)C1=C(CF)NC(C)=C(C(=O)OC(C)C)C1c1c(F)ccc(F)c1F. The first-order valence-electron chi connectivity index (χ1n) is 8.33. The molecule has 0 bridgehead atoms. The van der Waals surface area contributed by atoms with Crippen LogP contribution in [0.5, 0.6) is 0 Å². The second-order valence-electron chi connectivity index (χ2n) is 6.33. The molecule has 1 atom stereocenters. The van der Waals surface area contributed by atoms with Crippen molar-refractivity contribution in [2.24, 2.45) is 0 Å². The van der Waals surface area contributed by atoms with Gasteiger partial charge in [0.05, 0.1) is 36.0 Å². The van der Waals surface area contributed by atoms with Crippen molar-refractivity contribution in [1.29, 1.82) is 0 Å². The summed E-state index contributed by atoms with van der Waals surface area (Å²) < 4.78 is 66.2. The number of hydrogen-bond donors (Lipinski definition) is 1. The van der Waals surface area contributed by atoms with Crippen molar-refractivity contribution >= 4 is 11.9 Å². The van der Waals surface area contributed by atoms with Gasteiger partial charge in [-0.15, -0.1) is 0 Å². The molecule has 1 N–H and O–H groups in total. The molecular weight excluding hydrogens is 382 g/mol. The number of nitrogens with one attached hydrogen (secondary N) is 1. The van der Waals surface area contributed by atoms with Crippen molar-refractivity contribution in [2.45, 2.75) is 32.8 Å². The summed E-state index contributed by atoms with van der Waals surface area (Å²) in [7, 11) is 0.984. The highest BCUT2D eigenvalue weighted by Crippen LogP contribution is 2.42. The smallest absolute Gasteiger partial charge is 0.337 e. The quantitative estimate of drug-likeness (QED) is 0.465. The zero-order valence-corrected chi connectivity index (χ0v) is 15.7. The Kier molecular flexibility index (Phi) is 6.48. The van der Waals surface area contributed by atoms with Gasteiger partial charge < -0.3 is 14.8 Å². The highest BCUT2D eigenvalue weighted by Gasteiger charge is 2.42. The van der Waals surface area contributed by atoms with Crippen molar-refractivity contribution in [1.82, 2.24) is 5.32 Å². The summed E-state index contributed by atoms with van der Waals surface area (Å²) in [6.45, 7) is 3.23. The standard InChI is InChI=1S/C19H19F4NO4/c1-8(2)28-19(26)13-9(3)24-12(7-20)15(18(25)27-4)16(13)14-10(21)5-6-11(22)17(14)23/h5-6,8,16,24H,7H2,1-4H3. The third-order valence-electron chi connectivity index (χ3n) is 4.11. The van der Waals surface area contributed by atoms with E-state index in [1.807, 2.05) is 0 Å². The number of methoxy groups -OCH3 is 1. The van der Waals surface area contributed by atoms with Gasteiger partial charge in [0.25, 0.3) is 0 Å². The number of benzene rings is 1. The van der Waals surface area contributed by atoms with Crippen molar-refractivity contribution in [2.75, 3.05) is 13.8 Å². The lowest BCUT2D eigenvalue weighted by Crippen LogP contribution is -2.35. The number of carbonyl (C=O) groups excluding carboxylic acids is 2. The molecule has 0 aromatic heterocycles. The second kappa shape index (κ2) is 8.45. The third-order valence-corrected chi connectivity index (χ3v) is 4.11. The van der Waals surface area contributed by atoms with E-state index < -0.39 is 59.2 Å². The summed E-state index contributed by atoms with van der Waals surface area (Å²) >= 11 is 0. The zero-order chi connectivity index (χ0) is 21.2. The molecule has 28 heavy (non-hydrogen) atoms. The van der Waals surface area contributed by atoms with Crippen molar-refractivity contribution in [3.05, 3.63) is 57.7 Å². The summed E-state index contributed by atoms with van der Waals surface area (Å²) in [4.78, 5) is 25.0. The van der Waals surface area contributed by atoms with E-state index in [-0.39, 0.29) is 17.0 Å². The van der Waals surface area contributed by atoms with Gasteiger partial charge in [-0.25, -0.2) is 27.2 Å². The normalized spacial score (nSPS) is 17.0. The van der Waals surface area contributed by atoms with E-state index in [9.17, 15) is 27.2 Å². The predicted molar refractivity (Wildman–Crippen MR) is 91.1 cm³/mol. The summed E-state index contributed by atoms with van der Waals surface area (Å²) in [6.07, 6.45) is -0.594. The van der Waals surface area contributed by atoms with Crippen LogP contribution in [-0.4, -0.2) is 31.8 Å². The van der Waals surface area contributed by atoms with Crippen LogP contribution in [0.4, 0.5) is 17.6 Å². The average Bonchev–Trinajstić information content (AvgIpc) is 2.63. The largest absolute Gasteiger partial charge is 0.466 e. The average molecular weight is 401 g/mol. The van der Waals surface area contributed by atoms with E-state index in [0.29, 0.717) is 12.1 Å². The van der Waals surface area contributed by atoms with Gasteiger partial charge in [-0.05, 0) is 32.9 Å². The van der Waals surface area contributed by atoms with Crippen LogP contribution in [0, 0.1) is 17.5 Å². The number of hydrogen-bond acceptors (Lipinski definition) is 5. The Morgan fingerprint density at radius 3 is 2.25 bits per heavy atom. The fourth-order valence-electron chi connectivity index (χ4n) is 3.00. The fraction of sp³-hybridized carbons (Fsp3) is 0.368. The molecule has 0 radical (unpaired) electrons. The molecule has 2 rings (SSSR count). The van der Waals surface area contributed by atoms with Crippen LogP contribution < -0.4 is 5.32 Å². The van der Waals surface area contributed by atoms with Gasteiger partial charge in [0.1, 0.15) is 12.5 Å². The maximum Gasteiger partial charge on any atom is 0.337 e. The number of rotatable bonds is 5. The molecule has 0 amide bonds. The molecular formula is C19H19F4NO4. The molecule has 1 aromatic carbocycles. The molecule has 0 aliphatic carbocycles. The first-order chi connectivity index (χ1) is 13.1. The monoisotopic (exact) mass is 401 g/mol. The van der Waals surface area contributed by atoms with E-state index >= 15 is 0 Å². The van der Waals surface area contributed by atoms with Crippen LogP contribution in [-0.2, 0) is 19.1 Å². The highest BCUT2D eigenvalue weighted by molar-refractivity contribution is 6.00. The lowest BCUT2D eigenvalue weighted by molar-refractivity contribution is -0.143. The number of carbonyl (C=O) groups is 2. The number of dihydropyridines is 1. The van der Waals surface area contributed by atoms with Gasteiger partial charge in [-0.2, -0.15) is 0 Å². The highest BCUT2D eigenvalue weighted by atomic mass is 19.2. The van der Waals surface area contributed by atoms with E-state index in [1.54, 1.807) is 13.8 Å². The Bertz CT molecular complexity index is 877. The van der Waals surface area contributed by atoms with Crippen LogP contribution in [0.3, 0.4) is 0 Å². The van der Waals surface area contributed by atoms with E-state index in [1.165, 1.54) is 6.92 Å². The number of esters is 2. The lowest BCUT2D eigenvalue weighted by Gasteiger charge is -2.31. The molecule has 1 aliphatic heterocycles. The minimum Gasteiger partial charge on any atom is -0.466 e. The molecule has 5 nitrogen and oxygen atoms in total. The van der Waals surface area contributed by atoms with Crippen LogP contribution in [0.1, 0.15) is 32.3 Å². The molecule has 0 saturated heterocycles. The Labute approximate surface area is 159 Å². The minimum atomic E-state index is -1.76. The van der Waals surface area contributed by atoms with E-state index in [2.05, 4.69) is 10.1 Å². The van der Waals surface area contributed by atoms with Crippen molar-refractivity contribution in [3.8, 4) is 0 Å². The van der Waals surface area contributed by atoms with E-state index in [0.717, 1.165) is 7.11 Å². The molecule has 0 saturated carbocycles. The van der Waals surface area contributed by atoms with Crippen LogP contribution >= 0.6 is 0 Å². The summed E-state index contributed by atoms with van der Waals surface area (Å²) in [5.41, 5.74) is -2.15. The third kappa shape index (κ3) is 3.88. The molecule has 1 heterocycles. The second-order valence-corrected chi connectivity index (χ2v) is 6.33. The van der Waals surface area contributed by atoms with Gasteiger partial charge in [0, 0.05) is 11.3 Å². The first-order valence-corrected chi connectivity index (χ1v) is 8.33. The molecule has 0 spiro atoms. The Balaban J connectivity index is 2.84. The predicted octanol–water partition coefficient (Wildman–Crippen LogP) is 3.41. The van der Waals surface area contributed by atoms with Gasteiger partial charge >= 0.3 is 11.9 Å². The number of allylic oxidation sites excluding steroid dienone is 2. The maximum atomic E-state index is 14.6. The first kappa shape index (κ1) is 21.5. The molecule has 1 aromatic rings. The van der Waals surface area contributed by atoms with Crippen molar-refractivity contribution < 1.29 is 36.6 Å². The van der Waals surface area contributed by atoms with Crippen molar-refractivity contribution in [3.63, 3.8) is 0 Å². The topological polar surface area (TPSA) is 64.6 Å². The number of halogens is 4. The summed E-state index contributed by atoms with van der Waals surface area (Å²) in [6, 6.07) is 1.22. The molecule has 0 fully saturated rings. The Morgan fingerprint density at radius 1 is 1.11 bits per heavy atom. The van der Waals surface area contributed by atoms with Crippen LogP contribution in [0.2, 0.25) is 0 Å². The van der Waals surface area contributed by atoms with Gasteiger partial charge in [-0.3, -0.25) is 0 Å². The van der Waals surface area contributed by atoms with Gasteiger partial charge in [-0.1, -0.05) is 0 Å². The molecule has 1 aliphatic rings. The molecule has 152 valence electrons. The maximum absolute atomic E-state index is 14.6. The number of alkyl halides is 1.